The summed E-state index contributed by atoms with van der Waals surface area (Å²) >= 11 is 0. The van der Waals surface area contributed by atoms with Gasteiger partial charge in [-0.15, -0.1) is 0 Å². The van der Waals surface area contributed by atoms with Gasteiger partial charge in [0, 0.05) is 24.8 Å². The molecule has 8 heteroatoms. The van der Waals surface area contributed by atoms with Gasteiger partial charge in [0.15, 0.2) is 0 Å². The van der Waals surface area contributed by atoms with Crippen LogP contribution in [0.1, 0.15) is 12.5 Å². The quantitative estimate of drug-likeness (QED) is 0.774. The first-order valence-corrected chi connectivity index (χ1v) is 7.46. The van der Waals surface area contributed by atoms with Crippen LogP contribution in [-0.2, 0) is 14.8 Å². The Labute approximate surface area is 117 Å². The van der Waals surface area contributed by atoms with Gasteiger partial charge in [-0.2, -0.15) is 0 Å². The summed E-state index contributed by atoms with van der Waals surface area (Å²) in [5.74, 6) is -1.08. The lowest BCUT2D eigenvalue weighted by molar-refractivity contribution is -0.128. The molecule has 0 aliphatic heterocycles. The summed E-state index contributed by atoms with van der Waals surface area (Å²) in [6.07, 6.45) is 0. The van der Waals surface area contributed by atoms with Crippen molar-refractivity contribution in [3.63, 3.8) is 0 Å². The molecule has 1 amide bonds. The van der Waals surface area contributed by atoms with Crippen molar-refractivity contribution in [3.8, 4) is 0 Å². The Morgan fingerprint density at radius 1 is 1.45 bits per heavy atom. The Balaban J connectivity index is 2.98. The number of sulfonamides is 1. The van der Waals surface area contributed by atoms with E-state index in [-0.39, 0.29) is 28.6 Å². The van der Waals surface area contributed by atoms with Crippen LogP contribution in [0.4, 0.5) is 10.1 Å². The second-order valence-corrected chi connectivity index (χ2v) is 6.09. The Morgan fingerprint density at radius 3 is 2.60 bits per heavy atom. The summed E-state index contributed by atoms with van der Waals surface area (Å²) in [5, 5.41) is 0. The molecule has 0 spiro atoms. The number of amides is 1. The predicted octanol–water partition coefficient (Wildman–Crippen LogP) is 0.473. The highest BCUT2D eigenvalue weighted by atomic mass is 32.2. The average Bonchev–Trinajstić information content (AvgIpc) is 2.39. The summed E-state index contributed by atoms with van der Waals surface area (Å²) in [5.41, 5.74) is 5.41. The molecular weight excluding hydrogens is 285 g/mol. The van der Waals surface area contributed by atoms with Crippen LogP contribution in [0, 0.1) is 12.7 Å². The van der Waals surface area contributed by atoms with Crippen LogP contribution in [-0.4, -0.2) is 39.4 Å². The molecule has 0 radical (unpaired) electrons. The lowest BCUT2D eigenvalue weighted by atomic mass is 10.2. The molecule has 0 bridgehead atoms. The van der Waals surface area contributed by atoms with Crippen molar-refractivity contribution in [1.82, 2.24) is 9.62 Å². The fourth-order valence-corrected chi connectivity index (χ4v) is 2.76. The van der Waals surface area contributed by atoms with Crippen molar-refractivity contribution < 1.29 is 17.6 Å². The zero-order valence-corrected chi connectivity index (χ0v) is 12.4. The minimum absolute atomic E-state index is 0.00507. The average molecular weight is 303 g/mol. The second kappa shape index (κ2) is 6.19. The molecule has 1 rings (SSSR count). The fraction of sp³-hybridized carbons (Fsp3) is 0.417. The molecule has 0 saturated carbocycles. The zero-order valence-electron chi connectivity index (χ0n) is 11.6. The second-order valence-electron chi connectivity index (χ2n) is 4.36. The minimum Gasteiger partial charge on any atom is -0.399 e. The Kier molecular flexibility index (Phi) is 5.07. The van der Waals surface area contributed by atoms with Gasteiger partial charge in [-0.25, -0.2) is 17.5 Å². The van der Waals surface area contributed by atoms with Crippen molar-refractivity contribution in [2.45, 2.75) is 18.7 Å². The summed E-state index contributed by atoms with van der Waals surface area (Å²) < 4.78 is 39.8. The molecule has 112 valence electrons. The Hall–Kier alpha value is -1.67. The molecular formula is C12H18FN3O3S. The first-order chi connectivity index (χ1) is 9.19. The van der Waals surface area contributed by atoms with Crippen LogP contribution < -0.4 is 10.5 Å². The molecule has 1 aromatic carbocycles. The number of hydrogen-bond acceptors (Lipinski definition) is 4. The number of likely N-dealkylation sites (N-methyl/N-ethyl adjacent to an activating group) is 1. The Morgan fingerprint density at radius 2 is 2.05 bits per heavy atom. The number of carbonyl (C=O) groups is 1. The number of anilines is 1. The first-order valence-electron chi connectivity index (χ1n) is 5.98. The van der Waals surface area contributed by atoms with Gasteiger partial charge in [0.05, 0.1) is 11.4 Å². The number of nitrogens with zero attached hydrogens (tertiary/aromatic N) is 1. The molecule has 0 atom stereocenters. The van der Waals surface area contributed by atoms with E-state index in [4.69, 9.17) is 5.73 Å². The van der Waals surface area contributed by atoms with E-state index in [1.165, 1.54) is 11.8 Å². The van der Waals surface area contributed by atoms with Crippen molar-refractivity contribution >= 4 is 21.6 Å². The largest absolute Gasteiger partial charge is 0.399 e. The van der Waals surface area contributed by atoms with Crippen LogP contribution >= 0.6 is 0 Å². The van der Waals surface area contributed by atoms with E-state index in [0.717, 1.165) is 12.1 Å². The fourth-order valence-electron chi connectivity index (χ4n) is 1.50. The van der Waals surface area contributed by atoms with Crippen molar-refractivity contribution in [1.29, 1.82) is 0 Å². The van der Waals surface area contributed by atoms with E-state index >= 15 is 0 Å². The van der Waals surface area contributed by atoms with E-state index in [1.54, 1.807) is 14.0 Å². The molecule has 6 nitrogen and oxygen atoms in total. The van der Waals surface area contributed by atoms with Crippen LogP contribution in [0.5, 0.6) is 0 Å². The number of nitrogen functional groups attached to an aromatic ring is 1. The van der Waals surface area contributed by atoms with E-state index in [1.807, 2.05) is 0 Å². The molecule has 0 aliphatic carbocycles. The van der Waals surface area contributed by atoms with Gasteiger partial charge in [-0.05, 0) is 26.0 Å². The number of carbonyl (C=O) groups excluding carboxylic acids is 1. The van der Waals surface area contributed by atoms with Crippen LogP contribution in [0.3, 0.4) is 0 Å². The molecule has 1 aromatic rings. The number of rotatable bonds is 5. The minimum atomic E-state index is -3.99. The summed E-state index contributed by atoms with van der Waals surface area (Å²) in [7, 11) is -2.43. The zero-order chi connectivity index (χ0) is 15.5. The number of benzene rings is 1. The van der Waals surface area contributed by atoms with Gasteiger partial charge in [0.1, 0.15) is 5.82 Å². The standard InChI is InChI=1S/C12H18FN3O3S/c1-4-16(3)12(17)7-15-20(18,19)11-6-9(14)5-10(13)8(11)2/h5-6,15H,4,7,14H2,1-3H3. The lowest BCUT2D eigenvalue weighted by Crippen LogP contribution is -2.38. The summed E-state index contributed by atoms with van der Waals surface area (Å²) in [4.78, 5) is 12.7. The predicted molar refractivity (Wildman–Crippen MR) is 74.0 cm³/mol. The molecule has 3 N–H and O–H groups in total. The highest BCUT2D eigenvalue weighted by Crippen LogP contribution is 2.21. The highest BCUT2D eigenvalue weighted by Gasteiger charge is 2.21. The van der Waals surface area contributed by atoms with E-state index < -0.39 is 15.8 Å². The maximum absolute atomic E-state index is 13.5. The number of hydrogen-bond donors (Lipinski definition) is 2. The van der Waals surface area contributed by atoms with E-state index in [2.05, 4.69) is 4.72 Å². The summed E-state index contributed by atoms with van der Waals surface area (Å²) in [6, 6.07) is 2.21. The molecule has 0 heterocycles. The van der Waals surface area contributed by atoms with E-state index in [9.17, 15) is 17.6 Å². The van der Waals surface area contributed by atoms with Gasteiger partial charge in [0.25, 0.3) is 0 Å². The van der Waals surface area contributed by atoms with Gasteiger partial charge in [-0.3, -0.25) is 4.79 Å². The molecule has 0 unspecified atom stereocenters. The molecule has 0 fully saturated rings. The third-order valence-electron chi connectivity index (χ3n) is 2.92. The molecule has 0 aromatic heterocycles. The van der Waals surface area contributed by atoms with Crippen molar-refractivity contribution in [2.24, 2.45) is 0 Å². The highest BCUT2D eigenvalue weighted by molar-refractivity contribution is 7.89. The van der Waals surface area contributed by atoms with Crippen LogP contribution in [0.2, 0.25) is 0 Å². The lowest BCUT2D eigenvalue weighted by Gasteiger charge is -2.15. The van der Waals surface area contributed by atoms with Crippen LogP contribution in [0.15, 0.2) is 17.0 Å². The first kappa shape index (κ1) is 16.4. The smallest absolute Gasteiger partial charge is 0.241 e. The third-order valence-corrected chi connectivity index (χ3v) is 4.45. The van der Waals surface area contributed by atoms with Crippen molar-refractivity contribution in [2.75, 3.05) is 25.9 Å². The number of halogens is 1. The third kappa shape index (κ3) is 3.67. The maximum Gasteiger partial charge on any atom is 0.241 e. The van der Waals surface area contributed by atoms with E-state index in [0.29, 0.717) is 6.54 Å². The summed E-state index contributed by atoms with van der Waals surface area (Å²) in [6.45, 7) is 3.18. The van der Waals surface area contributed by atoms with Gasteiger partial charge < -0.3 is 10.6 Å². The monoisotopic (exact) mass is 303 g/mol. The van der Waals surface area contributed by atoms with Crippen LogP contribution in [0.25, 0.3) is 0 Å². The molecule has 20 heavy (non-hydrogen) atoms. The molecule has 0 saturated heterocycles. The Bertz CT molecular complexity index is 617. The number of nitrogens with two attached hydrogens (primary N) is 1. The van der Waals surface area contributed by atoms with Gasteiger partial charge in [-0.1, -0.05) is 0 Å². The normalized spacial score (nSPS) is 11.4. The molecule has 0 aliphatic rings. The van der Waals surface area contributed by atoms with Gasteiger partial charge >= 0.3 is 0 Å². The van der Waals surface area contributed by atoms with Gasteiger partial charge in [0.2, 0.25) is 15.9 Å². The SMILES string of the molecule is CCN(C)C(=O)CNS(=O)(=O)c1cc(N)cc(F)c1C. The maximum atomic E-state index is 13.5. The topological polar surface area (TPSA) is 92.5 Å². The van der Waals surface area contributed by atoms with Crippen molar-refractivity contribution in [3.05, 3.63) is 23.5 Å². The number of nitrogens with one attached hydrogen (secondary N) is 1.